The van der Waals surface area contributed by atoms with Crippen LogP contribution in [0.4, 0.5) is 5.69 Å². The Bertz CT molecular complexity index is 1170. The molecular weight excluding hydrogens is 478 g/mol. The van der Waals surface area contributed by atoms with E-state index in [1.165, 1.54) is 27.8 Å². The summed E-state index contributed by atoms with van der Waals surface area (Å²) in [4.78, 5) is 12.6. The number of sulfonamides is 2. The second-order valence-electron chi connectivity index (χ2n) is 7.96. The Kier molecular flexibility index (Phi) is 8.56. The molecule has 0 spiro atoms. The van der Waals surface area contributed by atoms with E-state index in [0.29, 0.717) is 30.1 Å². The largest absolute Gasteiger partial charge is 0.492 e. The predicted molar refractivity (Wildman–Crippen MR) is 131 cm³/mol. The number of carbonyl (C=O) groups is 1. The van der Waals surface area contributed by atoms with Crippen molar-refractivity contribution in [1.82, 2.24) is 9.62 Å². The zero-order valence-corrected chi connectivity index (χ0v) is 21.1. The number of piperidine rings is 1. The minimum absolute atomic E-state index is 0.0112. The van der Waals surface area contributed by atoms with Crippen molar-refractivity contribution < 1.29 is 26.4 Å². The fourth-order valence-corrected chi connectivity index (χ4v) is 5.92. The fraction of sp³-hybridized carbons (Fsp3) is 0.435. The third kappa shape index (κ3) is 6.28. The quantitative estimate of drug-likeness (QED) is 0.492. The van der Waals surface area contributed by atoms with Crippen LogP contribution in [0.3, 0.4) is 0 Å². The monoisotopic (exact) mass is 509 g/mol. The van der Waals surface area contributed by atoms with Gasteiger partial charge in [-0.2, -0.15) is 4.31 Å². The molecule has 0 saturated carbocycles. The predicted octanol–water partition coefficient (Wildman–Crippen LogP) is 2.46. The van der Waals surface area contributed by atoms with Crippen LogP contribution in [0.2, 0.25) is 0 Å². The van der Waals surface area contributed by atoms with Crippen LogP contribution >= 0.6 is 0 Å². The Morgan fingerprint density at radius 2 is 1.59 bits per heavy atom. The summed E-state index contributed by atoms with van der Waals surface area (Å²) in [7, 11) is -5.37. The normalized spacial score (nSPS) is 15.0. The Morgan fingerprint density at radius 1 is 0.971 bits per heavy atom. The van der Waals surface area contributed by atoms with Crippen LogP contribution in [0.25, 0.3) is 0 Å². The summed E-state index contributed by atoms with van der Waals surface area (Å²) in [5.41, 5.74) is 0.880. The molecule has 1 aliphatic heterocycles. The molecular formula is C23H31N3O6S2. The van der Waals surface area contributed by atoms with E-state index >= 15 is 0 Å². The van der Waals surface area contributed by atoms with E-state index in [2.05, 4.69) is 5.32 Å². The van der Waals surface area contributed by atoms with Crippen molar-refractivity contribution in [3.63, 3.8) is 0 Å². The molecule has 186 valence electrons. The van der Waals surface area contributed by atoms with Crippen molar-refractivity contribution in [2.45, 2.75) is 31.1 Å². The number of hydrogen-bond acceptors (Lipinski definition) is 6. The SMILES string of the molecule is CCS(=O)(=O)N(C)c1ccc(C(=O)NCCOc2ccc(S(=O)(=O)N3CCCCC3)cc2)cc1. The van der Waals surface area contributed by atoms with Crippen LogP contribution < -0.4 is 14.4 Å². The average molecular weight is 510 g/mol. The summed E-state index contributed by atoms with van der Waals surface area (Å²) >= 11 is 0. The molecule has 9 nitrogen and oxygen atoms in total. The van der Waals surface area contributed by atoms with Gasteiger partial charge in [-0.25, -0.2) is 16.8 Å². The molecule has 2 aromatic rings. The van der Waals surface area contributed by atoms with E-state index in [-0.39, 0.29) is 29.7 Å². The summed E-state index contributed by atoms with van der Waals surface area (Å²) < 4.78 is 57.6. The molecule has 1 amide bonds. The van der Waals surface area contributed by atoms with Crippen molar-refractivity contribution in [2.75, 3.05) is 43.3 Å². The number of benzene rings is 2. The minimum atomic E-state index is -3.48. The van der Waals surface area contributed by atoms with Crippen molar-refractivity contribution in [3.8, 4) is 5.75 Å². The number of anilines is 1. The van der Waals surface area contributed by atoms with Gasteiger partial charge in [0.05, 0.1) is 22.9 Å². The molecule has 11 heteroatoms. The van der Waals surface area contributed by atoms with Gasteiger partial charge in [-0.3, -0.25) is 9.10 Å². The van der Waals surface area contributed by atoms with E-state index in [1.54, 1.807) is 43.3 Å². The van der Waals surface area contributed by atoms with Crippen molar-refractivity contribution >= 4 is 31.6 Å². The highest BCUT2D eigenvalue weighted by Crippen LogP contribution is 2.22. The molecule has 0 atom stereocenters. The van der Waals surface area contributed by atoms with Crippen LogP contribution in [0.5, 0.6) is 5.75 Å². The molecule has 2 aromatic carbocycles. The maximum atomic E-state index is 12.7. The summed E-state index contributed by atoms with van der Waals surface area (Å²) in [6.45, 7) is 3.13. The number of ether oxygens (including phenoxy) is 1. The van der Waals surface area contributed by atoms with Gasteiger partial charge < -0.3 is 10.1 Å². The lowest BCUT2D eigenvalue weighted by molar-refractivity contribution is 0.0947. The standard InChI is InChI=1S/C23H31N3O6S2/c1-3-33(28,29)25(2)20-9-7-19(8-10-20)23(27)24-15-18-32-21-11-13-22(14-12-21)34(30,31)26-16-5-4-6-17-26/h7-14H,3-6,15-18H2,1-2H3,(H,24,27). The average Bonchev–Trinajstić information content (AvgIpc) is 2.87. The maximum Gasteiger partial charge on any atom is 0.251 e. The molecule has 1 heterocycles. The lowest BCUT2D eigenvalue weighted by atomic mass is 10.2. The molecule has 1 aliphatic rings. The number of carbonyl (C=O) groups excluding carboxylic acids is 1. The molecule has 0 bridgehead atoms. The van der Waals surface area contributed by atoms with Crippen LogP contribution in [0.1, 0.15) is 36.5 Å². The lowest BCUT2D eigenvalue weighted by Gasteiger charge is -2.25. The van der Waals surface area contributed by atoms with Crippen molar-refractivity contribution in [2.24, 2.45) is 0 Å². The summed E-state index contributed by atoms with van der Waals surface area (Å²) in [6.07, 6.45) is 2.82. The smallest absolute Gasteiger partial charge is 0.251 e. The molecule has 1 fully saturated rings. The number of nitrogens with zero attached hydrogens (tertiary/aromatic N) is 2. The van der Waals surface area contributed by atoms with Gasteiger partial charge in [0.15, 0.2) is 0 Å². The third-order valence-electron chi connectivity index (χ3n) is 5.71. The topological polar surface area (TPSA) is 113 Å². The molecule has 1 N–H and O–H groups in total. The highest BCUT2D eigenvalue weighted by molar-refractivity contribution is 7.92. The van der Waals surface area contributed by atoms with Crippen LogP contribution in [-0.4, -0.2) is 66.1 Å². The van der Waals surface area contributed by atoms with Gasteiger partial charge in [-0.1, -0.05) is 6.42 Å². The van der Waals surface area contributed by atoms with E-state index < -0.39 is 20.0 Å². The zero-order valence-electron chi connectivity index (χ0n) is 19.4. The second-order valence-corrected chi connectivity index (χ2v) is 12.2. The van der Waals surface area contributed by atoms with Crippen molar-refractivity contribution in [1.29, 1.82) is 0 Å². The van der Waals surface area contributed by atoms with Gasteiger partial charge in [-0.05, 0) is 68.3 Å². The molecule has 0 aromatic heterocycles. The Balaban J connectivity index is 1.47. The maximum absolute atomic E-state index is 12.7. The van der Waals surface area contributed by atoms with E-state index in [9.17, 15) is 21.6 Å². The summed E-state index contributed by atoms with van der Waals surface area (Å²) in [5.74, 6) is 0.193. The number of rotatable bonds is 10. The summed E-state index contributed by atoms with van der Waals surface area (Å²) in [6, 6.07) is 12.6. The Labute approximate surface area is 201 Å². The lowest BCUT2D eigenvalue weighted by Crippen LogP contribution is -2.35. The first-order valence-corrected chi connectivity index (χ1v) is 14.3. The first kappa shape index (κ1) is 26.0. The zero-order chi connectivity index (χ0) is 24.8. The number of nitrogens with one attached hydrogen (secondary N) is 1. The van der Waals surface area contributed by atoms with E-state index in [1.807, 2.05) is 0 Å². The van der Waals surface area contributed by atoms with Crippen LogP contribution in [0, 0.1) is 0 Å². The van der Waals surface area contributed by atoms with Gasteiger partial charge in [0.25, 0.3) is 5.91 Å². The van der Waals surface area contributed by atoms with Crippen molar-refractivity contribution in [3.05, 3.63) is 54.1 Å². The van der Waals surface area contributed by atoms with Crippen LogP contribution in [0.15, 0.2) is 53.4 Å². The van der Waals surface area contributed by atoms with E-state index in [4.69, 9.17) is 4.74 Å². The van der Waals surface area contributed by atoms with Gasteiger partial charge in [0, 0.05) is 25.7 Å². The molecule has 0 radical (unpaired) electrons. The molecule has 0 aliphatic carbocycles. The van der Waals surface area contributed by atoms with E-state index in [0.717, 1.165) is 19.3 Å². The van der Waals surface area contributed by atoms with Crippen LogP contribution in [-0.2, 0) is 20.0 Å². The van der Waals surface area contributed by atoms with Gasteiger partial charge in [0.1, 0.15) is 12.4 Å². The molecule has 1 saturated heterocycles. The van der Waals surface area contributed by atoms with Gasteiger partial charge in [0.2, 0.25) is 20.0 Å². The highest BCUT2D eigenvalue weighted by Gasteiger charge is 2.25. The minimum Gasteiger partial charge on any atom is -0.492 e. The first-order valence-electron chi connectivity index (χ1n) is 11.2. The first-order chi connectivity index (χ1) is 16.1. The fourth-order valence-electron chi connectivity index (χ4n) is 3.57. The molecule has 34 heavy (non-hydrogen) atoms. The highest BCUT2D eigenvalue weighted by atomic mass is 32.2. The number of hydrogen-bond donors (Lipinski definition) is 1. The Hall–Kier alpha value is -2.63. The molecule has 0 unspecified atom stereocenters. The van der Waals surface area contributed by atoms with Gasteiger partial charge >= 0.3 is 0 Å². The van der Waals surface area contributed by atoms with Gasteiger partial charge in [-0.15, -0.1) is 0 Å². The summed E-state index contributed by atoms with van der Waals surface area (Å²) in [5, 5.41) is 2.74. The Morgan fingerprint density at radius 3 is 2.18 bits per heavy atom. The third-order valence-corrected chi connectivity index (χ3v) is 9.40. The second kappa shape index (κ2) is 11.2. The molecule has 3 rings (SSSR count). The number of amides is 1.